The van der Waals surface area contributed by atoms with Crippen LogP contribution in [0, 0.1) is 19.8 Å². The maximum Gasteiger partial charge on any atom is 0.338 e. The van der Waals surface area contributed by atoms with Crippen LogP contribution in [0.3, 0.4) is 0 Å². The summed E-state index contributed by atoms with van der Waals surface area (Å²) in [5, 5.41) is 4.46. The normalized spacial score (nSPS) is 18.0. The fourth-order valence-corrected chi connectivity index (χ4v) is 3.44. The van der Waals surface area contributed by atoms with Gasteiger partial charge in [0.25, 0.3) is 0 Å². The highest BCUT2D eigenvalue weighted by Gasteiger charge is 2.22. The molecule has 3 rings (SSSR count). The maximum atomic E-state index is 12.4. The highest BCUT2D eigenvalue weighted by atomic mass is 16.6. The third kappa shape index (κ3) is 5.17. The second-order valence-corrected chi connectivity index (χ2v) is 7.63. The number of carbonyl (C=O) groups excluding carboxylic acids is 1. The molecule has 1 aliphatic rings. The summed E-state index contributed by atoms with van der Waals surface area (Å²) < 4.78 is 13.1. The number of aryl methyl sites for hydroxylation is 2. The number of carbonyl (C=O) groups is 1. The minimum Gasteiger partial charge on any atom is -0.459 e. The number of rotatable bonds is 6. The first-order chi connectivity index (χ1) is 12.9. The van der Waals surface area contributed by atoms with Crippen LogP contribution in [0.25, 0.3) is 5.69 Å². The average Bonchev–Trinajstić information content (AvgIpc) is 2.98. The van der Waals surface area contributed by atoms with Crippen LogP contribution in [0.4, 0.5) is 0 Å². The lowest BCUT2D eigenvalue weighted by atomic mass is 10.2. The van der Waals surface area contributed by atoms with Crippen LogP contribution in [0.1, 0.15) is 35.6 Å². The first kappa shape index (κ1) is 19.6. The molecular weight excluding hydrogens is 342 g/mol. The molecule has 0 radical (unpaired) electrons. The van der Waals surface area contributed by atoms with Crippen LogP contribution in [-0.2, 0) is 9.47 Å². The summed E-state index contributed by atoms with van der Waals surface area (Å²) in [7, 11) is 0. The second kappa shape index (κ2) is 8.67. The first-order valence-electron chi connectivity index (χ1n) is 9.57. The van der Waals surface area contributed by atoms with Crippen molar-refractivity contribution < 1.29 is 14.3 Å². The van der Waals surface area contributed by atoms with Gasteiger partial charge in [-0.25, -0.2) is 9.48 Å². The maximum absolute atomic E-state index is 12.4. The predicted octanol–water partition coefficient (Wildman–Crippen LogP) is 3.00. The molecule has 0 aliphatic carbocycles. The van der Waals surface area contributed by atoms with E-state index in [-0.39, 0.29) is 18.7 Å². The number of hydrogen-bond donors (Lipinski definition) is 0. The highest BCUT2D eigenvalue weighted by molar-refractivity contribution is 5.89. The van der Waals surface area contributed by atoms with Crippen molar-refractivity contribution in [3.05, 3.63) is 47.3 Å². The Labute approximate surface area is 161 Å². The second-order valence-electron chi connectivity index (χ2n) is 7.63. The molecule has 0 saturated carbocycles. The van der Waals surface area contributed by atoms with Crippen molar-refractivity contribution in [2.75, 3.05) is 32.8 Å². The third-order valence-corrected chi connectivity index (χ3v) is 4.60. The molecule has 0 spiro atoms. The van der Waals surface area contributed by atoms with Crippen LogP contribution < -0.4 is 0 Å². The average molecular weight is 371 g/mol. The molecule has 2 heterocycles. The van der Waals surface area contributed by atoms with Crippen LogP contribution in [0.2, 0.25) is 0 Å². The number of morpholine rings is 1. The fourth-order valence-electron chi connectivity index (χ4n) is 3.44. The van der Waals surface area contributed by atoms with Crippen molar-refractivity contribution >= 4 is 5.97 Å². The topological polar surface area (TPSA) is 56.6 Å². The number of benzene rings is 1. The molecule has 6 heteroatoms. The SMILES string of the molecule is Cc1cc(C)n(-c2ccc(C(=O)OCC3CN(CC(C)C)CCO3)cc2)n1. The fraction of sp³-hybridized carbons (Fsp3) is 0.524. The largest absolute Gasteiger partial charge is 0.459 e. The first-order valence-corrected chi connectivity index (χ1v) is 9.57. The minimum absolute atomic E-state index is 0.0598. The van der Waals surface area contributed by atoms with E-state index in [1.165, 1.54) is 0 Å². The number of ether oxygens (including phenoxy) is 2. The molecule has 1 aliphatic heterocycles. The van der Waals surface area contributed by atoms with E-state index in [0.29, 0.717) is 18.1 Å². The predicted molar refractivity (Wildman–Crippen MR) is 104 cm³/mol. The molecule has 0 amide bonds. The molecule has 1 aromatic carbocycles. The summed E-state index contributed by atoms with van der Waals surface area (Å²) in [6, 6.07) is 9.35. The number of aromatic nitrogens is 2. The quantitative estimate of drug-likeness (QED) is 0.731. The third-order valence-electron chi connectivity index (χ3n) is 4.60. The Kier molecular flexibility index (Phi) is 6.29. The van der Waals surface area contributed by atoms with E-state index >= 15 is 0 Å². The van der Waals surface area contributed by atoms with Crippen LogP contribution >= 0.6 is 0 Å². The van der Waals surface area contributed by atoms with E-state index in [4.69, 9.17) is 9.47 Å². The molecule has 1 unspecified atom stereocenters. The number of hydrogen-bond acceptors (Lipinski definition) is 5. The van der Waals surface area contributed by atoms with Gasteiger partial charge in [-0.1, -0.05) is 13.8 Å². The van der Waals surface area contributed by atoms with Gasteiger partial charge in [-0.05, 0) is 50.1 Å². The van der Waals surface area contributed by atoms with E-state index in [0.717, 1.165) is 36.7 Å². The monoisotopic (exact) mass is 371 g/mol. The lowest BCUT2D eigenvalue weighted by Gasteiger charge is -2.33. The molecular formula is C21H29N3O3. The Morgan fingerprint density at radius 2 is 2.04 bits per heavy atom. The Bertz CT molecular complexity index is 767. The van der Waals surface area contributed by atoms with E-state index in [2.05, 4.69) is 23.8 Å². The van der Waals surface area contributed by atoms with Crippen LogP contribution in [0.5, 0.6) is 0 Å². The van der Waals surface area contributed by atoms with Gasteiger partial charge in [0.1, 0.15) is 12.7 Å². The molecule has 0 bridgehead atoms. The highest BCUT2D eigenvalue weighted by Crippen LogP contribution is 2.14. The van der Waals surface area contributed by atoms with Gasteiger partial charge < -0.3 is 9.47 Å². The number of nitrogens with zero attached hydrogens (tertiary/aromatic N) is 3. The number of esters is 1. The van der Waals surface area contributed by atoms with E-state index in [1.807, 2.05) is 36.7 Å². The van der Waals surface area contributed by atoms with Crippen molar-refractivity contribution in [3.63, 3.8) is 0 Å². The van der Waals surface area contributed by atoms with Gasteiger partial charge >= 0.3 is 5.97 Å². The summed E-state index contributed by atoms with van der Waals surface area (Å²) in [5.74, 6) is 0.298. The summed E-state index contributed by atoms with van der Waals surface area (Å²) >= 11 is 0. The Morgan fingerprint density at radius 1 is 1.30 bits per heavy atom. The van der Waals surface area contributed by atoms with Gasteiger partial charge in [0.2, 0.25) is 0 Å². The van der Waals surface area contributed by atoms with Crippen molar-refractivity contribution in [2.24, 2.45) is 5.92 Å². The molecule has 1 fully saturated rings. The van der Waals surface area contributed by atoms with Crippen molar-refractivity contribution in [1.29, 1.82) is 0 Å². The van der Waals surface area contributed by atoms with Crippen molar-refractivity contribution in [1.82, 2.24) is 14.7 Å². The summed E-state index contributed by atoms with van der Waals surface area (Å²) in [6.07, 6.45) is -0.0598. The zero-order valence-electron chi connectivity index (χ0n) is 16.6. The van der Waals surface area contributed by atoms with E-state index in [1.54, 1.807) is 12.1 Å². The standard InChI is InChI=1S/C21H29N3O3/c1-15(2)12-23-9-10-26-20(13-23)14-27-21(25)18-5-7-19(8-6-18)24-17(4)11-16(3)22-24/h5-8,11,15,20H,9-10,12-14H2,1-4H3. The molecule has 0 N–H and O–H groups in total. The van der Waals surface area contributed by atoms with Crippen LogP contribution in [0.15, 0.2) is 30.3 Å². The Hall–Kier alpha value is -2.18. The Morgan fingerprint density at radius 3 is 2.67 bits per heavy atom. The molecule has 1 atom stereocenters. The summed E-state index contributed by atoms with van der Waals surface area (Å²) in [5.41, 5.74) is 3.49. The van der Waals surface area contributed by atoms with Gasteiger partial charge in [0.15, 0.2) is 0 Å². The van der Waals surface area contributed by atoms with Gasteiger partial charge in [-0.15, -0.1) is 0 Å². The lowest BCUT2D eigenvalue weighted by Crippen LogP contribution is -2.45. The minimum atomic E-state index is -0.320. The Balaban J connectivity index is 1.54. The molecule has 1 aromatic heterocycles. The summed E-state index contributed by atoms with van der Waals surface area (Å²) in [4.78, 5) is 14.7. The van der Waals surface area contributed by atoms with E-state index in [9.17, 15) is 4.79 Å². The molecule has 146 valence electrons. The van der Waals surface area contributed by atoms with Gasteiger partial charge in [-0.2, -0.15) is 5.10 Å². The van der Waals surface area contributed by atoms with Crippen molar-refractivity contribution in [2.45, 2.75) is 33.8 Å². The zero-order valence-corrected chi connectivity index (χ0v) is 16.6. The van der Waals surface area contributed by atoms with Gasteiger partial charge in [-0.3, -0.25) is 4.90 Å². The zero-order chi connectivity index (χ0) is 19.4. The molecule has 2 aromatic rings. The van der Waals surface area contributed by atoms with E-state index < -0.39 is 0 Å². The van der Waals surface area contributed by atoms with Crippen LogP contribution in [-0.4, -0.2) is 59.6 Å². The molecule has 6 nitrogen and oxygen atoms in total. The van der Waals surface area contributed by atoms with Gasteiger partial charge in [0, 0.05) is 25.3 Å². The van der Waals surface area contributed by atoms with Crippen molar-refractivity contribution in [3.8, 4) is 5.69 Å². The molecule has 1 saturated heterocycles. The smallest absolute Gasteiger partial charge is 0.338 e. The van der Waals surface area contributed by atoms with Gasteiger partial charge in [0.05, 0.1) is 23.6 Å². The molecule has 27 heavy (non-hydrogen) atoms. The summed E-state index contributed by atoms with van der Waals surface area (Å²) in [6.45, 7) is 12.2. The lowest BCUT2D eigenvalue weighted by molar-refractivity contribution is -0.0612.